The second-order valence-corrected chi connectivity index (χ2v) is 6.71. The van der Waals surface area contributed by atoms with E-state index in [9.17, 15) is 0 Å². The van der Waals surface area contributed by atoms with Gasteiger partial charge in [-0.25, -0.2) is 0 Å². The van der Waals surface area contributed by atoms with Crippen LogP contribution < -0.4 is 4.74 Å². The van der Waals surface area contributed by atoms with Crippen molar-refractivity contribution in [2.24, 2.45) is 0 Å². The van der Waals surface area contributed by atoms with E-state index in [4.69, 9.17) is 4.74 Å². The Morgan fingerprint density at radius 2 is 2.17 bits per heavy atom. The molecule has 23 heavy (non-hydrogen) atoms. The minimum atomic E-state index is 0.627. The lowest BCUT2D eigenvalue weighted by Crippen LogP contribution is -2.54. The maximum atomic E-state index is 5.27. The molecule has 1 saturated heterocycles. The normalized spacial score (nSPS) is 20.5. The molecule has 1 atom stereocenters. The molecular formula is C18H28N4O. The highest BCUT2D eigenvalue weighted by Gasteiger charge is 2.27. The maximum Gasteiger partial charge on any atom is 0.121 e. The van der Waals surface area contributed by atoms with Gasteiger partial charge in [0.15, 0.2) is 0 Å². The summed E-state index contributed by atoms with van der Waals surface area (Å²) in [6.07, 6.45) is 1.20. The Labute approximate surface area is 138 Å². The summed E-state index contributed by atoms with van der Waals surface area (Å²) in [5, 5.41) is 8.85. The van der Waals surface area contributed by atoms with Crippen LogP contribution in [0.4, 0.5) is 0 Å². The summed E-state index contributed by atoms with van der Waals surface area (Å²) in [4.78, 5) is 5.18. The Kier molecular flexibility index (Phi) is 4.87. The van der Waals surface area contributed by atoms with Crippen molar-refractivity contribution in [3.8, 4) is 5.75 Å². The molecule has 1 aromatic carbocycles. The topological polar surface area (TPSA) is 44.4 Å². The van der Waals surface area contributed by atoms with Crippen LogP contribution in [0.3, 0.4) is 0 Å². The van der Waals surface area contributed by atoms with Gasteiger partial charge in [0, 0.05) is 49.7 Å². The molecule has 126 valence electrons. The van der Waals surface area contributed by atoms with Crippen LogP contribution >= 0.6 is 0 Å². The van der Waals surface area contributed by atoms with E-state index in [-0.39, 0.29) is 0 Å². The van der Waals surface area contributed by atoms with Gasteiger partial charge in [0.25, 0.3) is 0 Å². The molecule has 0 unspecified atom stereocenters. The van der Waals surface area contributed by atoms with E-state index >= 15 is 0 Å². The van der Waals surface area contributed by atoms with Gasteiger partial charge < -0.3 is 4.74 Å². The van der Waals surface area contributed by atoms with Gasteiger partial charge in [-0.2, -0.15) is 5.10 Å². The lowest BCUT2D eigenvalue weighted by Gasteiger charge is -2.43. The average Bonchev–Trinajstić information content (AvgIpc) is 2.96. The first kappa shape index (κ1) is 16.3. The van der Waals surface area contributed by atoms with E-state index in [2.05, 4.69) is 46.8 Å². The molecule has 2 aromatic rings. The van der Waals surface area contributed by atoms with Crippen LogP contribution in [0.2, 0.25) is 0 Å². The van der Waals surface area contributed by atoms with E-state index < -0.39 is 0 Å². The van der Waals surface area contributed by atoms with E-state index in [0.717, 1.165) is 37.4 Å². The molecule has 1 N–H and O–H groups in total. The van der Waals surface area contributed by atoms with Crippen molar-refractivity contribution in [1.29, 1.82) is 0 Å². The first-order chi connectivity index (χ1) is 11.1. The molecule has 0 amide bonds. The molecule has 1 fully saturated rings. The summed E-state index contributed by atoms with van der Waals surface area (Å²) in [6.45, 7) is 11.2. The predicted octanol–water partition coefficient (Wildman–Crippen LogP) is 2.88. The third kappa shape index (κ3) is 3.35. The first-order valence-electron chi connectivity index (χ1n) is 8.61. The zero-order valence-electron chi connectivity index (χ0n) is 14.7. The molecule has 0 aliphatic carbocycles. The van der Waals surface area contributed by atoms with Crippen LogP contribution in [0.15, 0.2) is 18.2 Å². The number of rotatable bonds is 5. The fourth-order valence-electron chi connectivity index (χ4n) is 3.64. The number of fused-ring (bicyclic) bond motifs is 1. The first-order valence-corrected chi connectivity index (χ1v) is 8.61. The summed E-state index contributed by atoms with van der Waals surface area (Å²) in [5.74, 6) is 0.854. The Morgan fingerprint density at radius 3 is 2.87 bits per heavy atom. The van der Waals surface area contributed by atoms with Crippen molar-refractivity contribution in [3.63, 3.8) is 0 Å². The molecule has 0 radical (unpaired) electrons. The highest BCUT2D eigenvalue weighted by atomic mass is 16.5. The number of ether oxygens (including phenoxy) is 1. The summed E-state index contributed by atoms with van der Waals surface area (Å²) in [6, 6.07) is 7.38. The molecule has 3 rings (SSSR count). The fourth-order valence-corrected chi connectivity index (χ4v) is 3.64. The molecule has 1 aromatic heterocycles. The van der Waals surface area contributed by atoms with Crippen LogP contribution in [0.5, 0.6) is 5.75 Å². The molecule has 0 bridgehead atoms. The lowest BCUT2D eigenvalue weighted by atomic mass is 10.1. The van der Waals surface area contributed by atoms with Crippen LogP contribution in [-0.2, 0) is 6.54 Å². The second-order valence-electron chi connectivity index (χ2n) is 6.71. The number of H-pyrrole nitrogens is 1. The number of benzene rings is 1. The molecule has 0 saturated carbocycles. The molecule has 0 spiro atoms. The highest BCUT2D eigenvalue weighted by molar-refractivity contribution is 5.82. The Balaban J connectivity index is 1.73. The Morgan fingerprint density at radius 1 is 1.35 bits per heavy atom. The molecule has 1 aliphatic rings. The van der Waals surface area contributed by atoms with Crippen LogP contribution in [0.1, 0.15) is 32.9 Å². The predicted molar refractivity (Wildman–Crippen MR) is 93.8 cm³/mol. The zero-order chi connectivity index (χ0) is 16.4. The van der Waals surface area contributed by atoms with Gasteiger partial charge in [-0.3, -0.25) is 14.9 Å². The van der Waals surface area contributed by atoms with Crippen molar-refractivity contribution < 1.29 is 4.74 Å². The number of aromatic amines is 1. The number of hydrogen-bond donors (Lipinski definition) is 1. The fraction of sp³-hybridized carbons (Fsp3) is 0.611. The highest BCUT2D eigenvalue weighted by Crippen LogP contribution is 2.24. The van der Waals surface area contributed by atoms with Crippen LogP contribution in [0, 0.1) is 0 Å². The van der Waals surface area contributed by atoms with Gasteiger partial charge in [-0.1, -0.05) is 6.92 Å². The number of nitrogens with one attached hydrogen (secondary N) is 1. The summed E-state index contributed by atoms with van der Waals surface area (Å²) in [5.41, 5.74) is 2.18. The molecule has 5 heteroatoms. The van der Waals surface area contributed by atoms with E-state index in [1.54, 1.807) is 7.11 Å². The van der Waals surface area contributed by atoms with Crippen molar-refractivity contribution in [2.75, 3.05) is 26.7 Å². The Hall–Kier alpha value is -1.59. The van der Waals surface area contributed by atoms with Gasteiger partial charge in [0.2, 0.25) is 0 Å². The van der Waals surface area contributed by atoms with Crippen molar-refractivity contribution >= 4 is 10.9 Å². The van der Waals surface area contributed by atoms with Gasteiger partial charge in [-0.05, 0) is 32.4 Å². The summed E-state index contributed by atoms with van der Waals surface area (Å²) < 4.78 is 5.27. The maximum absolute atomic E-state index is 5.27. The molecular weight excluding hydrogens is 288 g/mol. The van der Waals surface area contributed by atoms with Gasteiger partial charge >= 0.3 is 0 Å². The Bertz CT molecular complexity index is 652. The number of aromatic nitrogens is 2. The average molecular weight is 316 g/mol. The third-order valence-electron chi connectivity index (χ3n) is 4.97. The van der Waals surface area contributed by atoms with Gasteiger partial charge in [-0.15, -0.1) is 0 Å². The minimum absolute atomic E-state index is 0.627. The molecule has 2 heterocycles. The SMILES string of the molecule is CC[C@H]1CN(Cc2[nH]nc3cc(OC)ccc23)CCN1C(C)C. The standard InChI is InChI=1S/C18H28N4O/c1-5-14-11-21(8-9-22(14)13(2)3)12-18-16-7-6-15(23-4)10-17(16)19-20-18/h6-7,10,13-14H,5,8-9,11-12H2,1-4H3,(H,19,20)/t14-/m0/s1. The van der Waals surface area contributed by atoms with Crippen molar-refractivity contribution in [3.05, 3.63) is 23.9 Å². The smallest absolute Gasteiger partial charge is 0.121 e. The zero-order valence-corrected chi connectivity index (χ0v) is 14.7. The lowest BCUT2D eigenvalue weighted by molar-refractivity contribution is 0.0453. The van der Waals surface area contributed by atoms with E-state index in [1.807, 2.05) is 12.1 Å². The van der Waals surface area contributed by atoms with Gasteiger partial charge in [0.05, 0.1) is 18.3 Å². The number of piperazine rings is 1. The van der Waals surface area contributed by atoms with Crippen LogP contribution in [-0.4, -0.2) is 58.8 Å². The van der Waals surface area contributed by atoms with Gasteiger partial charge in [0.1, 0.15) is 5.75 Å². The number of nitrogens with zero attached hydrogens (tertiary/aromatic N) is 3. The minimum Gasteiger partial charge on any atom is -0.497 e. The van der Waals surface area contributed by atoms with Crippen molar-refractivity contribution in [1.82, 2.24) is 20.0 Å². The largest absolute Gasteiger partial charge is 0.497 e. The number of hydrogen-bond acceptors (Lipinski definition) is 4. The van der Waals surface area contributed by atoms with E-state index in [0.29, 0.717) is 12.1 Å². The summed E-state index contributed by atoms with van der Waals surface area (Å²) in [7, 11) is 1.69. The van der Waals surface area contributed by atoms with Crippen molar-refractivity contribution in [2.45, 2.75) is 45.8 Å². The molecule has 5 nitrogen and oxygen atoms in total. The van der Waals surface area contributed by atoms with Crippen LogP contribution in [0.25, 0.3) is 10.9 Å². The second kappa shape index (κ2) is 6.89. The molecule has 1 aliphatic heterocycles. The number of methoxy groups -OCH3 is 1. The summed E-state index contributed by atoms with van der Waals surface area (Å²) >= 11 is 0. The van der Waals surface area contributed by atoms with E-state index in [1.165, 1.54) is 17.5 Å². The third-order valence-corrected chi connectivity index (χ3v) is 4.97. The monoisotopic (exact) mass is 316 g/mol. The quantitative estimate of drug-likeness (QED) is 0.921.